The quantitative estimate of drug-likeness (QED) is 0.540. The normalized spacial score (nSPS) is 11.5. The summed E-state index contributed by atoms with van der Waals surface area (Å²) in [5.41, 5.74) is 0.850. The summed E-state index contributed by atoms with van der Waals surface area (Å²) in [6.45, 7) is 2.27. The standard InChI is InChI=1S/C17H22F2N4O2S/c1-4-24-14-7-12(5-6-13(14)25-16(18)19)9-22-17(20-3)23-10-15-21-8-11(2)26-15/h5-8,16H,4,9-10H2,1-3H3,(H2,20,22,23). The van der Waals surface area contributed by atoms with Crippen molar-refractivity contribution in [3.8, 4) is 11.5 Å². The van der Waals surface area contributed by atoms with Gasteiger partial charge in [-0.1, -0.05) is 6.07 Å². The highest BCUT2D eigenvalue weighted by atomic mass is 32.1. The smallest absolute Gasteiger partial charge is 0.387 e. The maximum atomic E-state index is 12.4. The predicted octanol–water partition coefficient (Wildman–Crippen LogP) is 3.32. The first kappa shape index (κ1) is 19.9. The number of nitrogens with one attached hydrogen (secondary N) is 2. The lowest BCUT2D eigenvalue weighted by Crippen LogP contribution is -2.36. The van der Waals surface area contributed by atoms with Gasteiger partial charge in [0, 0.05) is 24.7 Å². The fraction of sp³-hybridized carbons (Fsp3) is 0.412. The number of aromatic nitrogens is 1. The second-order valence-electron chi connectivity index (χ2n) is 5.24. The molecule has 1 aromatic heterocycles. The maximum absolute atomic E-state index is 12.4. The van der Waals surface area contributed by atoms with Crippen molar-refractivity contribution in [1.29, 1.82) is 0 Å². The molecule has 0 fully saturated rings. The molecular formula is C17H22F2N4O2S. The Morgan fingerprint density at radius 1 is 1.27 bits per heavy atom. The first-order chi connectivity index (χ1) is 12.5. The monoisotopic (exact) mass is 384 g/mol. The zero-order valence-electron chi connectivity index (χ0n) is 14.9. The molecule has 0 atom stereocenters. The van der Waals surface area contributed by atoms with Gasteiger partial charge in [-0.3, -0.25) is 4.99 Å². The van der Waals surface area contributed by atoms with Gasteiger partial charge in [-0.2, -0.15) is 8.78 Å². The maximum Gasteiger partial charge on any atom is 0.387 e. The average molecular weight is 384 g/mol. The SMILES string of the molecule is CCOc1cc(CNC(=NC)NCc2ncc(C)s2)ccc1OC(F)F. The molecule has 2 aromatic rings. The van der Waals surface area contributed by atoms with E-state index in [4.69, 9.17) is 4.74 Å². The summed E-state index contributed by atoms with van der Waals surface area (Å²) in [5.74, 6) is 0.921. The highest BCUT2D eigenvalue weighted by molar-refractivity contribution is 7.11. The van der Waals surface area contributed by atoms with Crippen molar-refractivity contribution in [2.45, 2.75) is 33.5 Å². The molecule has 9 heteroatoms. The molecule has 0 unspecified atom stereocenters. The second-order valence-corrected chi connectivity index (χ2v) is 6.56. The van der Waals surface area contributed by atoms with Gasteiger partial charge >= 0.3 is 6.61 Å². The molecule has 26 heavy (non-hydrogen) atoms. The molecule has 0 spiro atoms. The lowest BCUT2D eigenvalue weighted by Gasteiger charge is -2.14. The van der Waals surface area contributed by atoms with E-state index in [9.17, 15) is 8.78 Å². The van der Waals surface area contributed by atoms with E-state index in [1.807, 2.05) is 13.1 Å². The van der Waals surface area contributed by atoms with Crippen LogP contribution in [0.5, 0.6) is 11.5 Å². The van der Waals surface area contributed by atoms with E-state index >= 15 is 0 Å². The fourth-order valence-electron chi connectivity index (χ4n) is 2.17. The molecule has 1 aromatic carbocycles. The van der Waals surface area contributed by atoms with Crippen LogP contribution in [-0.2, 0) is 13.1 Å². The minimum Gasteiger partial charge on any atom is -0.490 e. The number of hydrogen-bond acceptors (Lipinski definition) is 5. The summed E-state index contributed by atoms with van der Waals surface area (Å²) in [6.07, 6.45) is 1.83. The molecule has 0 bridgehead atoms. The minimum atomic E-state index is -2.89. The number of benzene rings is 1. The van der Waals surface area contributed by atoms with Crippen molar-refractivity contribution >= 4 is 17.3 Å². The molecule has 0 radical (unpaired) electrons. The van der Waals surface area contributed by atoms with Gasteiger partial charge in [0.15, 0.2) is 17.5 Å². The molecule has 2 N–H and O–H groups in total. The van der Waals surface area contributed by atoms with Gasteiger partial charge in [-0.05, 0) is 31.5 Å². The Balaban J connectivity index is 1.94. The summed E-state index contributed by atoms with van der Waals surface area (Å²) in [7, 11) is 1.67. The number of nitrogens with zero attached hydrogens (tertiary/aromatic N) is 2. The fourth-order valence-corrected chi connectivity index (χ4v) is 2.90. The topological polar surface area (TPSA) is 67.8 Å². The Labute approximate surface area is 155 Å². The third-order valence-electron chi connectivity index (χ3n) is 3.28. The average Bonchev–Trinajstić information content (AvgIpc) is 3.02. The van der Waals surface area contributed by atoms with E-state index in [1.165, 1.54) is 6.07 Å². The van der Waals surface area contributed by atoms with Crippen LogP contribution < -0.4 is 20.1 Å². The summed E-state index contributed by atoms with van der Waals surface area (Å²) < 4.78 is 34.7. The molecule has 2 rings (SSSR count). The first-order valence-electron chi connectivity index (χ1n) is 8.08. The molecule has 142 valence electrons. The molecule has 0 aliphatic heterocycles. The van der Waals surface area contributed by atoms with Crippen molar-refractivity contribution in [3.05, 3.63) is 39.8 Å². The molecule has 0 saturated carbocycles. The Morgan fingerprint density at radius 2 is 2.04 bits per heavy atom. The van der Waals surface area contributed by atoms with E-state index in [2.05, 4.69) is 25.3 Å². The molecule has 6 nitrogen and oxygen atoms in total. The molecule has 0 saturated heterocycles. The third-order valence-corrected chi connectivity index (χ3v) is 4.20. The Morgan fingerprint density at radius 3 is 2.65 bits per heavy atom. The van der Waals surface area contributed by atoms with Crippen LogP contribution in [0.1, 0.15) is 22.4 Å². The van der Waals surface area contributed by atoms with E-state index in [1.54, 1.807) is 37.4 Å². The summed E-state index contributed by atoms with van der Waals surface area (Å²) >= 11 is 1.62. The Hall–Kier alpha value is -2.42. The Bertz CT molecular complexity index is 737. The number of rotatable bonds is 8. The van der Waals surface area contributed by atoms with E-state index in [0.29, 0.717) is 25.7 Å². The highest BCUT2D eigenvalue weighted by Crippen LogP contribution is 2.29. The largest absolute Gasteiger partial charge is 0.490 e. The highest BCUT2D eigenvalue weighted by Gasteiger charge is 2.12. The number of guanidine groups is 1. The summed E-state index contributed by atoms with van der Waals surface area (Å²) in [5, 5.41) is 7.31. The summed E-state index contributed by atoms with van der Waals surface area (Å²) in [4.78, 5) is 9.60. The second kappa shape index (κ2) is 9.91. The predicted molar refractivity (Wildman–Crippen MR) is 98.1 cm³/mol. The number of ether oxygens (including phenoxy) is 2. The van der Waals surface area contributed by atoms with Crippen molar-refractivity contribution in [2.75, 3.05) is 13.7 Å². The number of thiazole rings is 1. The Kier molecular flexibility index (Phi) is 7.58. The first-order valence-corrected chi connectivity index (χ1v) is 8.89. The summed E-state index contributed by atoms with van der Waals surface area (Å²) in [6, 6.07) is 4.85. The van der Waals surface area contributed by atoms with Crippen molar-refractivity contribution in [2.24, 2.45) is 4.99 Å². The molecule has 0 aliphatic rings. The van der Waals surface area contributed by atoms with Gasteiger partial charge in [-0.25, -0.2) is 4.98 Å². The number of alkyl halides is 2. The van der Waals surface area contributed by atoms with Crippen LogP contribution >= 0.6 is 11.3 Å². The van der Waals surface area contributed by atoms with Crippen molar-refractivity contribution < 1.29 is 18.3 Å². The lowest BCUT2D eigenvalue weighted by molar-refractivity contribution is -0.0514. The molecule has 1 heterocycles. The van der Waals surface area contributed by atoms with Gasteiger partial charge in [0.05, 0.1) is 13.2 Å². The van der Waals surface area contributed by atoms with Crippen LogP contribution in [0.2, 0.25) is 0 Å². The van der Waals surface area contributed by atoms with Crippen LogP contribution in [0, 0.1) is 6.92 Å². The van der Waals surface area contributed by atoms with Crippen LogP contribution in [0.3, 0.4) is 0 Å². The van der Waals surface area contributed by atoms with Gasteiger partial charge in [-0.15, -0.1) is 11.3 Å². The molecular weight excluding hydrogens is 362 g/mol. The lowest BCUT2D eigenvalue weighted by atomic mass is 10.2. The molecule has 0 aliphatic carbocycles. The van der Waals surface area contributed by atoms with E-state index < -0.39 is 6.61 Å². The van der Waals surface area contributed by atoms with E-state index in [-0.39, 0.29) is 11.5 Å². The van der Waals surface area contributed by atoms with Crippen LogP contribution in [0.4, 0.5) is 8.78 Å². The third kappa shape index (κ3) is 6.14. The number of aryl methyl sites for hydroxylation is 1. The van der Waals surface area contributed by atoms with Crippen LogP contribution in [-0.4, -0.2) is 31.2 Å². The van der Waals surface area contributed by atoms with Gasteiger partial charge in [0.25, 0.3) is 0 Å². The zero-order valence-corrected chi connectivity index (χ0v) is 15.7. The van der Waals surface area contributed by atoms with Crippen molar-refractivity contribution in [1.82, 2.24) is 15.6 Å². The van der Waals surface area contributed by atoms with E-state index in [0.717, 1.165) is 15.4 Å². The number of hydrogen-bond donors (Lipinski definition) is 2. The number of aliphatic imine (C=N–C) groups is 1. The van der Waals surface area contributed by atoms with Gasteiger partial charge in [0.1, 0.15) is 5.01 Å². The van der Waals surface area contributed by atoms with Gasteiger partial charge in [0.2, 0.25) is 0 Å². The minimum absolute atomic E-state index is 0.0206. The van der Waals surface area contributed by atoms with Crippen LogP contribution in [0.15, 0.2) is 29.4 Å². The van der Waals surface area contributed by atoms with Crippen molar-refractivity contribution in [3.63, 3.8) is 0 Å². The molecule has 0 amide bonds. The zero-order chi connectivity index (χ0) is 18.9. The van der Waals surface area contributed by atoms with Crippen LogP contribution in [0.25, 0.3) is 0 Å². The number of halogens is 2. The van der Waals surface area contributed by atoms with Gasteiger partial charge < -0.3 is 20.1 Å².